The van der Waals surface area contributed by atoms with Crippen LogP contribution in [0.4, 0.5) is 0 Å². The molecule has 0 aliphatic heterocycles. The van der Waals surface area contributed by atoms with E-state index in [0.717, 1.165) is 25.9 Å². The van der Waals surface area contributed by atoms with E-state index in [9.17, 15) is 9.59 Å². The number of amides is 1. The van der Waals surface area contributed by atoms with Gasteiger partial charge in [0.1, 0.15) is 6.04 Å². The van der Waals surface area contributed by atoms with Gasteiger partial charge in [0, 0.05) is 13.5 Å². The topological polar surface area (TPSA) is 69.6 Å². The number of carboxylic acid groups (broad SMARTS) is 1. The molecule has 2 N–H and O–H groups in total. The van der Waals surface area contributed by atoms with Crippen LogP contribution >= 0.6 is 0 Å². The summed E-state index contributed by atoms with van der Waals surface area (Å²) in [6.07, 6.45) is 2.27. The first-order chi connectivity index (χ1) is 8.02. The first-order valence-electron chi connectivity index (χ1n) is 6.24. The van der Waals surface area contributed by atoms with E-state index in [1.165, 1.54) is 6.92 Å². The molecular weight excluding hydrogens is 220 g/mol. The molecule has 0 spiro atoms. The minimum atomic E-state index is -0.756. The fourth-order valence-electron chi connectivity index (χ4n) is 1.85. The number of aliphatic carboxylic acids is 1. The van der Waals surface area contributed by atoms with Gasteiger partial charge in [-0.1, -0.05) is 13.8 Å². The molecule has 0 bridgehead atoms. The lowest BCUT2D eigenvalue weighted by Crippen LogP contribution is -2.41. The Morgan fingerprint density at radius 2 is 1.82 bits per heavy atom. The van der Waals surface area contributed by atoms with Gasteiger partial charge in [0.25, 0.3) is 0 Å². The molecule has 1 atom stereocenters. The van der Waals surface area contributed by atoms with Crippen LogP contribution in [0.25, 0.3) is 0 Å². The summed E-state index contributed by atoms with van der Waals surface area (Å²) < 4.78 is 0. The number of carboxylic acids is 1. The Labute approximate surface area is 103 Å². The summed E-state index contributed by atoms with van der Waals surface area (Å²) in [6.45, 7) is 7.54. The van der Waals surface area contributed by atoms with Crippen molar-refractivity contribution in [1.82, 2.24) is 10.2 Å². The van der Waals surface area contributed by atoms with Gasteiger partial charge in [0.2, 0.25) is 5.91 Å². The number of nitrogens with zero attached hydrogens (tertiary/aromatic N) is 1. The lowest BCUT2D eigenvalue weighted by Gasteiger charge is -2.26. The van der Waals surface area contributed by atoms with E-state index in [-0.39, 0.29) is 5.91 Å². The lowest BCUT2D eigenvalue weighted by molar-refractivity contribution is -0.143. The zero-order chi connectivity index (χ0) is 13.3. The number of nitrogens with one attached hydrogen (secondary N) is 1. The molecule has 0 aliphatic carbocycles. The minimum Gasteiger partial charge on any atom is -0.480 e. The van der Waals surface area contributed by atoms with Crippen LogP contribution in [0.5, 0.6) is 0 Å². The first-order valence-corrected chi connectivity index (χ1v) is 6.24. The molecule has 0 aromatic heterocycles. The van der Waals surface area contributed by atoms with Crippen molar-refractivity contribution in [3.63, 3.8) is 0 Å². The molecule has 17 heavy (non-hydrogen) atoms. The van der Waals surface area contributed by atoms with Crippen molar-refractivity contribution in [2.45, 2.75) is 46.1 Å². The molecule has 0 aromatic carbocycles. The van der Waals surface area contributed by atoms with Gasteiger partial charge in [-0.3, -0.25) is 14.5 Å². The van der Waals surface area contributed by atoms with Crippen molar-refractivity contribution < 1.29 is 14.7 Å². The van der Waals surface area contributed by atoms with Crippen LogP contribution in [-0.4, -0.2) is 47.6 Å². The van der Waals surface area contributed by atoms with Gasteiger partial charge in [-0.05, 0) is 32.4 Å². The summed E-state index contributed by atoms with van der Waals surface area (Å²) in [5, 5.41) is 11.8. The average Bonchev–Trinajstić information content (AvgIpc) is 2.26. The highest BCUT2D eigenvalue weighted by atomic mass is 16.4. The lowest BCUT2D eigenvalue weighted by atomic mass is 10.1. The molecule has 5 heteroatoms. The Bertz CT molecular complexity index is 240. The standard InChI is InChI=1S/C12H24N2O3/c1-4-14(5-2)11(12(16)17)8-6-7-9-13-10(3)15/h11H,4-9H2,1-3H3,(H,13,15)(H,16,17)/t11-/m0/s1. The number of unbranched alkanes of at least 4 members (excludes halogenated alkanes) is 1. The molecule has 0 fully saturated rings. The SMILES string of the molecule is CCN(CC)[C@@H](CCCCNC(C)=O)C(=O)O. The minimum absolute atomic E-state index is 0.0384. The van der Waals surface area contributed by atoms with Crippen LogP contribution in [0.3, 0.4) is 0 Å². The van der Waals surface area contributed by atoms with Crippen molar-refractivity contribution in [2.24, 2.45) is 0 Å². The van der Waals surface area contributed by atoms with Gasteiger partial charge >= 0.3 is 5.97 Å². The predicted molar refractivity (Wildman–Crippen MR) is 66.9 cm³/mol. The fourth-order valence-corrected chi connectivity index (χ4v) is 1.85. The van der Waals surface area contributed by atoms with Crippen molar-refractivity contribution in [2.75, 3.05) is 19.6 Å². The second-order valence-electron chi connectivity index (χ2n) is 4.05. The molecule has 0 aliphatic rings. The Balaban J connectivity index is 3.93. The van der Waals surface area contributed by atoms with Crippen molar-refractivity contribution in [3.8, 4) is 0 Å². The molecular formula is C12H24N2O3. The van der Waals surface area contributed by atoms with Crippen LogP contribution in [0.15, 0.2) is 0 Å². The summed E-state index contributed by atoms with van der Waals surface area (Å²) in [5.74, 6) is -0.795. The Morgan fingerprint density at radius 1 is 1.24 bits per heavy atom. The van der Waals surface area contributed by atoms with E-state index in [1.54, 1.807) is 0 Å². The third kappa shape index (κ3) is 6.94. The molecule has 0 rings (SSSR count). The summed E-state index contributed by atoms with van der Waals surface area (Å²) >= 11 is 0. The third-order valence-electron chi connectivity index (χ3n) is 2.82. The monoisotopic (exact) mass is 244 g/mol. The van der Waals surface area contributed by atoms with Crippen LogP contribution in [0.2, 0.25) is 0 Å². The van der Waals surface area contributed by atoms with Gasteiger partial charge in [-0.15, -0.1) is 0 Å². The smallest absolute Gasteiger partial charge is 0.320 e. The maximum Gasteiger partial charge on any atom is 0.320 e. The number of hydrogen-bond acceptors (Lipinski definition) is 3. The van der Waals surface area contributed by atoms with E-state index in [4.69, 9.17) is 5.11 Å². The molecule has 0 saturated heterocycles. The largest absolute Gasteiger partial charge is 0.480 e. The van der Waals surface area contributed by atoms with Crippen LogP contribution in [0, 0.1) is 0 Å². The number of rotatable bonds is 9. The average molecular weight is 244 g/mol. The molecule has 0 unspecified atom stereocenters. The fraction of sp³-hybridized carbons (Fsp3) is 0.833. The second-order valence-corrected chi connectivity index (χ2v) is 4.05. The van der Waals surface area contributed by atoms with Gasteiger partial charge in [0.15, 0.2) is 0 Å². The summed E-state index contributed by atoms with van der Waals surface area (Å²) in [6, 6.07) is -0.401. The molecule has 0 aromatic rings. The highest BCUT2D eigenvalue weighted by molar-refractivity contribution is 5.73. The third-order valence-corrected chi connectivity index (χ3v) is 2.82. The van der Waals surface area contributed by atoms with Gasteiger partial charge in [0.05, 0.1) is 0 Å². The second kappa shape index (κ2) is 8.98. The molecule has 0 saturated carbocycles. The van der Waals surface area contributed by atoms with Crippen molar-refractivity contribution in [1.29, 1.82) is 0 Å². The van der Waals surface area contributed by atoms with E-state index < -0.39 is 12.0 Å². The van der Waals surface area contributed by atoms with Gasteiger partial charge in [-0.2, -0.15) is 0 Å². The van der Waals surface area contributed by atoms with E-state index in [1.807, 2.05) is 18.7 Å². The molecule has 0 heterocycles. The summed E-state index contributed by atoms with van der Waals surface area (Å²) in [5.41, 5.74) is 0. The van der Waals surface area contributed by atoms with Crippen LogP contribution in [0.1, 0.15) is 40.0 Å². The number of hydrogen-bond donors (Lipinski definition) is 2. The molecule has 100 valence electrons. The number of likely N-dealkylation sites (N-methyl/N-ethyl adjacent to an activating group) is 1. The predicted octanol–water partition coefficient (Wildman–Crippen LogP) is 1.09. The normalized spacial score (nSPS) is 12.5. The highest BCUT2D eigenvalue weighted by Crippen LogP contribution is 2.08. The zero-order valence-corrected chi connectivity index (χ0v) is 11.0. The first kappa shape index (κ1) is 15.9. The van der Waals surface area contributed by atoms with Crippen molar-refractivity contribution in [3.05, 3.63) is 0 Å². The Morgan fingerprint density at radius 3 is 2.24 bits per heavy atom. The Hall–Kier alpha value is -1.10. The summed E-state index contributed by atoms with van der Waals surface area (Å²) in [7, 11) is 0. The van der Waals surface area contributed by atoms with E-state index >= 15 is 0 Å². The van der Waals surface area contributed by atoms with Gasteiger partial charge in [-0.25, -0.2) is 0 Å². The Kier molecular flexibility index (Phi) is 8.40. The molecule has 0 radical (unpaired) electrons. The van der Waals surface area contributed by atoms with Gasteiger partial charge < -0.3 is 10.4 Å². The van der Waals surface area contributed by atoms with Crippen LogP contribution < -0.4 is 5.32 Å². The van der Waals surface area contributed by atoms with E-state index in [0.29, 0.717) is 13.0 Å². The number of carbonyl (C=O) groups is 2. The quantitative estimate of drug-likeness (QED) is 0.596. The van der Waals surface area contributed by atoms with E-state index in [2.05, 4.69) is 5.32 Å². The maximum atomic E-state index is 11.1. The molecule has 5 nitrogen and oxygen atoms in total. The summed E-state index contributed by atoms with van der Waals surface area (Å²) in [4.78, 5) is 23.7. The molecule has 1 amide bonds. The highest BCUT2D eigenvalue weighted by Gasteiger charge is 2.22. The van der Waals surface area contributed by atoms with Crippen LogP contribution in [-0.2, 0) is 9.59 Å². The number of carbonyl (C=O) groups excluding carboxylic acids is 1. The maximum absolute atomic E-state index is 11.1. The zero-order valence-electron chi connectivity index (χ0n) is 11.0. The van der Waals surface area contributed by atoms with Crippen molar-refractivity contribution >= 4 is 11.9 Å².